The van der Waals surface area contributed by atoms with Crippen LogP contribution in [0.3, 0.4) is 0 Å². The van der Waals surface area contributed by atoms with Crippen LogP contribution in [0.15, 0.2) is 18.2 Å². The predicted molar refractivity (Wildman–Crippen MR) is 62.5 cm³/mol. The summed E-state index contributed by atoms with van der Waals surface area (Å²) in [6.07, 6.45) is 1.32. The predicted octanol–water partition coefficient (Wildman–Crippen LogP) is 2.32. The molecule has 0 saturated carbocycles. The molecule has 90 valence electrons. The first-order chi connectivity index (χ1) is 7.28. The standard InChI is InChI=1S/C10H11BrF2O2S/c1-16(14,15)6-8(11)4-7-2-3-9(12)5-10(7)13/h2-3,5,8H,4,6H2,1H3. The van der Waals surface area contributed by atoms with E-state index in [4.69, 9.17) is 0 Å². The van der Waals surface area contributed by atoms with Crippen molar-refractivity contribution in [2.45, 2.75) is 11.2 Å². The third-order valence-electron chi connectivity index (χ3n) is 1.94. The molecule has 0 aliphatic heterocycles. The minimum Gasteiger partial charge on any atom is -0.229 e. The number of rotatable bonds is 4. The van der Waals surface area contributed by atoms with Crippen LogP contribution in [0.1, 0.15) is 5.56 Å². The monoisotopic (exact) mass is 312 g/mol. The molecular weight excluding hydrogens is 302 g/mol. The third-order valence-corrected chi connectivity index (χ3v) is 4.02. The summed E-state index contributed by atoms with van der Waals surface area (Å²) in [5, 5.41) is 0. The Bertz CT molecular complexity index is 474. The Kier molecular flexibility index (Phi) is 4.43. The van der Waals surface area contributed by atoms with Crippen LogP contribution in [0.5, 0.6) is 0 Å². The first-order valence-corrected chi connectivity index (χ1v) is 7.51. The summed E-state index contributed by atoms with van der Waals surface area (Å²) < 4.78 is 47.8. The van der Waals surface area contributed by atoms with E-state index in [1.54, 1.807) is 0 Å². The third kappa shape index (κ3) is 4.57. The molecule has 0 aromatic heterocycles. The highest BCUT2D eigenvalue weighted by Crippen LogP contribution is 2.16. The summed E-state index contributed by atoms with van der Waals surface area (Å²) in [4.78, 5) is -0.373. The van der Waals surface area contributed by atoms with Gasteiger partial charge in [0.15, 0.2) is 0 Å². The van der Waals surface area contributed by atoms with Gasteiger partial charge in [-0.2, -0.15) is 0 Å². The first kappa shape index (κ1) is 13.6. The molecule has 0 radical (unpaired) electrons. The summed E-state index contributed by atoms with van der Waals surface area (Å²) >= 11 is 3.16. The second-order valence-corrected chi connectivity index (χ2v) is 7.11. The van der Waals surface area contributed by atoms with Crippen LogP contribution >= 0.6 is 15.9 Å². The molecule has 1 unspecified atom stereocenters. The van der Waals surface area contributed by atoms with Gasteiger partial charge >= 0.3 is 0 Å². The van der Waals surface area contributed by atoms with Crippen molar-refractivity contribution in [1.29, 1.82) is 0 Å². The largest absolute Gasteiger partial charge is 0.229 e. The second kappa shape index (κ2) is 5.23. The van der Waals surface area contributed by atoms with Crippen LogP contribution in [0.4, 0.5) is 8.78 Å². The molecule has 0 amide bonds. The highest BCUT2D eigenvalue weighted by molar-refractivity contribution is 9.09. The van der Waals surface area contributed by atoms with Gasteiger partial charge < -0.3 is 0 Å². The van der Waals surface area contributed by atoms with Crippen LogP contribution in [-0.2, 0) is 16.3 Å². The normalized spacial score (nSPS) is 13.8. The molecular formula is C10H11BrF2O2S. The Morgan fingerprint density at radius 1 is 1.38 bits per heavy atom. The first-order valence-electron chi connectivity index (χ1n) is 4.53. The van der Waals surface area contributed by atoms with E-state index in [0.29, 0.717) is 5.56 Å². The van der Waals surface area contributed by atoms with E-state index < -0.39 is 21.5 Å². The van der Waals surface area contributed by atoms with E-state index in [2.05, 4.69) is 15.9 Å². The average Bonchev–Trinajstić information content (AvgIpc) is 2.06. The highest BCUT2D eigenvalue weighted by atomic mass is 79.9. The van der Waals surface area contributed by atoms with Crippen molar-refractivity contribution < 1.29 is 17.2 Å². The fraction of sp³-hybridized carbons (Fsp3) is 0.400. The number of sulfone groups is 1. The highest BCUT2D eigenvalue weighted by Gasteiger charge is 2.15. The van der Waals surface area contributed by atoms with Crippen molar-refractivity contribution in [3.63, 3.8) is 0 Å². The molecule has 1 aromatic rings. The smallest absolute Gasteiger partial charge is 0.148 e. The Labute approximate surface area is 102 Å². The van der Waals surface area contributed by atoms with Gasteiger partial charge in [0.05, 0.1) is 5.75 Å². The van der Waals surface area contributed by atoms with Crippen molar-refractivity contribution in [3.05, 3.63) is 35.4 Å². The summed E-state index contributed by atoms with van der Waals surface area (Å²) in [6, 6.07) is 3.26. The van der Waals surface area contributed by atoms with E-state index in [9.17, 15) is 17.2 Å². The molecule has 0 aliphatic rings. The average molecular weight is 313 g/mol. The zero-order valence-corrected chi connectivity index (χ0v) is 11.0. The number of hydrogen-bond donors (Lipinski definition) is 0. The molecule has 1 atom stereocenters. The summed E-state index contributed by atoms with van der Waals surface area (Å²) in [5.74, 6) is -1.38. The topological polar surface area (TPSA) is 34.1 Å². The van der Waals surface area contributed by atoms with Gasteiger partial charge in [-0.1, -0.05) is 22.0 Å². The van der Waals surface area contributed by atoms with E-state index in [1.165, 1.54) is 6.07 Å². The fourth-order valence-electron chi connectivity index (χ4n) is 1.31. The SMILES string of the molecule is CS(=O)(=O)CC(Br)Cc1ccc(F)cc1F. The van der Waals surface area contributed by atoms with Crippen molar-refractivity contribution in [1.82, 2.24) is 0 Å². The molecule has 1 rings (SSSR count). The Morgan fingerprint density at radius 3 is 2.50 bits per heavy atom. The summed E-state index contributed by atoms with van der Waals surface area (Å²) in [7, 11) is -3.11. The van der Waals surface area contributed by atoms with Gasteiger partial charge in [-0.3, -0.25) is 0 Å². The van der Waals surface area contributed by atoms with Crippen molar-refractivity contribution in [2.75, 3.05) is 12.0 Å². The van der Waals surface area contributed by atoms with E-state index in [0.717, 1.165) is 18.4 Å². The molecule has 16 heavy (non-hydrogen) atoms. The van der Waals surface area contributed by atoms with Gasteiger partial charge in [0, 0.05) is 17.1 Å². The lowest BCUT2D eigenvalue weighted by atomic mass is 10.1. The molecule has 0 saturated heterocycles. The molecule has 6 heteroatoms. The minimum absolute atomic E-state index is 0.0795. The van der Waals surface area contributed by atoms with Gasteiger partial charge in [0.25, 0.3) is 0 Å². The van der Waals surface area contributed by atoms with Gasteiger partial charge in [-0.15, -0.1) is 0 Å². The minimum atomic E-state index is -3.11. The molecule has 2 nitrogen and oxygen atoms in total. The van der Waals surface area contributed by atoms with Gasteiger partial charge in [0.2, 0.25) is 0 Å². The number of benzene rings is 1. The lowest BCUT2D eigenvalue weighted by molar-refractivity contribution is 0.570. The molecule has 0 aliphatic carbocycles. The van der Waals surface area contributed by atoms with Crippen molar-refractivity contribution in [3.8, 4) is 0 Å². The van der Waals surface area contributed by atoms with Gasteiger partial charge in [-0.25, -0.2) is 17.2 Å². The van der Waals surface area contributed by atoms with Crippen LogP contribution in [0.2, 0.25) is 0 Å². The van der Waals surface area contributed by atoms with Gasteiger partial charge in [-0.05, 0) is 18.1 Å². The van der Waals surface area contributed by atoms with Crippen molar-refractivity contribution >= 4 is 25.8 Å². The quantitative estimate of drug-likeness (QED) is 0.800. The lowest BCUT2D eigenvalue weighted by Crippen LogP contribution is -2.17. The van der Waals surface area contributed by atoms with Crippen LogP contribution in [0.25, 0.3) is 0 Å². The molecule has 0 spiro atoms. The Hall–Kier alpha value is -0.490. The van der Waals surface area contributed by atoms with Crippen LogP contribution < -0.4 is 0 Å². The molecule has 0 fully saturated rings. The maximum Gasteiger partial charge on any atom is 0.148 e. The fourth-order valence-corrected chi connectivity index (χ4v) is 3.88. The molecule has 0 N–H and O–H groups in total. The van der Waals surface area contributed by atoms with E-state index >= 15 is 0 Å². The summed E-state index contributed by atoms with van der Waals surface area (Å²) in [6.45, 7) is 0. The maximum absolute atomic E-state index is 13.2. The second-order valence-electron chi connectivity index (χ2n) is 3.63. The zero-order valence-electron chi connectivity index (χ0n) is 8.58. The Balaban J connectivity index is 2.73. The number of halogens is 3. The zero-order chi connectivity index (χ0) is 12.3. The molecule has 0 heterocycles. The lowest BCUT2D eigenvalue weighted by Gasteiger charge is -2.09. The van der Waals surface area contributed by atoms with E-state index in [1.807, 2.05) is 0 Å². The van der Waals surface area contributed by atoms with Crippen molar-refractivity contribution in [2.24, 2.45) is 0 Å². The number of hydrogen-bond acceptors (Lipinski definition) is 2. The van der Waals surface area contributed by atoms with Gasteiger partial charge in [0.1, 0.15) is 21.5 Å². The maximum atomic E-state index is 13.2. The van der Waals surface area contributed by atoms with Crippen LogP contribution in [0, 0.1) is 11.6 Å². The number of alkyl halides is 1. The molecule has 0 bridgehead atoms. The molecule has 1 aromatic carbocycles. The Morgan fingerprint density at radius 2 is 2.00 bits per heavy atom. The van der Waals surface area contributed by atoms with Crippen LogP contribution in [-0.4, -0.2) is 25.3 Å². The van der Waals surface area contributed by atoms with E-state index in [-0.39, 0.29) is 17.0 Å². The summed E-state index contributed by atoms with van der Waals surface area (Å²) in [5.41, 5.74) is 0.298.